The molecule has 1 heterocycles. The number of halogens is 3. The van der Waals surface area contributed by atoms with Crippen LogP contribution in [0.3, 0.4) is 0 Å². The van der Waals surface area contributed by atoms with Crippen LogP contribution in [-0.4, -0.2) is 45.4 Å². The second kappa shape index (κ2) is 22.9. The van der Waals surface area contributed by atoms with E-state index in [0.29, 0.717) is 0 Å². The number of carbonyl (C=O) groups excluding carboxylic acids is 1. The van der Waals surface area contributed by atoms with E-state index >= 15 is 0 Å². The van der Waals surface area contributed by atoms with Crippen LogP contribution in [0.15, 0.2) is 72.8 Å². The topological polar surface area (TPSA) is 71.0 Å². The molecule has 0 radical (unpaired) electrons. The minimum Gasteiger partial charge on any atom is -0.392 e. The molecule has 9 heteroatoms. The quantitative estimate of drug-likeness (QED) is 0.0786. The van der Waals surface area contributed by atoms with Gasteiger partial charge in [-0.3, -0.25) is 4.79 Å². The number of nitrogens with zero attached hydrogens (tertiary/aromatic N) is 1. The van der Waals surface area contributed by atoms with Gasteiger partial charge in [-0.05, 0) is 59.8 Å². The SMILES string of the molecule is CCCCCCCCN(CCCCCCCC)C[C@H]1C[C@@H](c2ccc(CO)cc2)O[C@@H](c2ccc(-c3cccc(CNC(=O)C(Cl)(Cl)Cl)c3)cc2)O1. The minimum absolute atomic E-state index is 0.0146. The number of benzene rings is 3. The molecule has 6 nitrogen and oxygen atoms in total. The van der Waals surface area contributed by atoms with E-state index in [1.54, 1.807) is 0 Å². The standard InChI is InChI=1S/C43H59Cl3N2O4/c1-3-5-7-9-11-13-26-48(27-14-12-10-8-6-4-2)31-39-29-40(36-20-18-33(32-49)19-21-36)52-41(51-39)37-24-22-35(23-25-37)38-17-15-16-34(28-38)30-47-42(50)43(44,45)46/h15-25,28,39-41,49H,3-14,26-27,29-32H2,1-2H3,(H,47,50)/t39-,40+,41+/m1/s1. The van der Waals surface area contributed by atoms with Gasteiger partial charge in [0.15, 0.2) is 6.29 Å². The van der Waals surface area contributed by atoms with Crippen LogP contribution < -0.4 is 5.32 Å². The number of nitrogens with one attached hydrogen (secondary N) is 1. The van der Waals surface area contributed by atoms with E-state index in [1.807, 2.05) is 36.4 Å². The van der Waals surface area contributed by atoms with Gasteiger partial charge in [0.05, 0.1) is 18.8 Å². The molecule has 0 spiro atoms. The predicted molar refractivity (Wildman–Crippen MR) is 216 cm³/mol. The first kappa shape index (κ1) is 42.6. The molecular formula is C43H59Cl3N2O4. The van der Waals surface area contributed by atoms with Gasteiger partial charge in [-0.2, -0.15) is 0 Å². The summed E-state index contributed by atoms with van der Waals surface area (Å²) in [6.07, 6.45) is 15.6. The van der Waals surface area contributed by atoms with Gasteiger partial charge in [-0.1, -0.05) is 180 Å². The van der Waals surface area contributed by atoms with Crippen molar-refractivity contribution in [1.29, 1.82) is 0 Å². The average molecular weight is 774 g/mol. The molecule has 4 rings (SSSR count). The Hall–Kier alpha value is -2.16. The van der Waals surface area contributed by atoms with Gasteiger partial charge in [0.1, 0.15) is 0 Å². The smallest absolute Gasteiger partial charge is 0.272 e. The number of ether oxygens (including phenoxy) is 2. The molecule has 52 heavy (non-hydrogen) atoms. The molecule has 0 aliphatic carbocycles. The van der Waals surface area contributed by atoms with Crippen molar-refractivity contribution in [3.8, 4) is 11.1 Å². The van der Waals surface area contributed by atoms with Crippen LogP contribution in [0.5, 0.6) is 0 Å². The number of carbonyl (C=O) groups is 1. The largest absolute Gasteiger partial charge is 0.392 e. The van der Waals surface area contributed by atoms with Crippen LogP contribution in [0.1, 0.15) is 132 Å². The number of rotatable bonds is 22. The molecule has 0 unspecified atom stereocenters. The Labute approximate surface area is 327 Å². The Kier molecular flexibility index (Phi) is 18.8. The van der Waals surface area contributed by atoms with Crippen molar-refractivity contribution in [3.05, 3.63) is 95.1 Å². The van der Waals surface area contributed by atoms with Gasteiger partial charge >= 0.3 is 0 Å². The normalized spacial score (nSPS) is 17.8. The van der Waals surface area contributed by atoms with Crippen molar-refractivity contribution >= 4 is 40.7 Å². The van der Waals surface area contributed by atoms with Gasteiger partial charge in [0.25, 0.3) is 9.70 Å². The summed E-state index contributed by atoms with van der Waals surface area (Å²) in [6, 6.07) is 24.4. The molecule has 3 atom stereocenters. The van der Waals surface area contributed by atoms with Crippen molar-refractivity contribution in [2.75, 3.05) is 19.6 Å². The average Bonchev–Trinajstić information content (AvgIpc) is 3.16. The molecule has 0 saturated carbocycles. The summed E-state index contributed by atoms with van der Waals surface area (Å²) in [5.74, 6) is -0.659. The Bertz CT molecular complexity index is 1430. The van der Waals surface area contributed by atoms with Crippen LogP contribution >= 0.6 is 34.8 Å². The lowest BCUT2D eigenvalue weighted by atomic mass is 9.98. The summed E-state index contributed by atoms with van der Waals surface area (Å²) in [5, 5.41) is 12.3. The van der Waals surface area contributed by atoms with E-state index in [9.17, 15) is 9.90 Å². The molecule has 2 N–H and O–H groups in total. The molecule has 0 bridgehead atoms. The number of aliphatic hydroxyl groups is 1. The molecule has 286 valence electrons. The third kappa shape index (κ3) is 14.6. The Morgan fingerprint density at radius 1 is 0.750 bits per heavy atom. The van der Waals surface area contributed by atoms with E-state index in [2.05, 4.69) is 60.5 Å². The molecule has 1 aliphatic heterocycles. The van der Waals surface area contributed by atoms with Gasteiger partial charge in [-0.15, -0.1) is 0 Å². The zero-order valence-corrected chi connectivity index (χ0v) is 33.4. The monoisotopic (exact) mass is 772 g/mol. The highest BCUT2D eigenvalue weighted by atomic mass is 35.6. The van der Waals surface area contributed by atoms with E-state index in [-0.39, 0.29) is 25.4 Å². The molecule has 1 aliphatic rings. The van der Waals surface area contributed by atoms with E-state index in [1.165, 1.54) is 77.0 Å². The zero-order chi connectivity index (χ0) is 37.2. The van der Waals surface area contributed by atoms with Crippen molar-refractivity contribution in [3.63, 3.8) is 0 Å². The van der Waals surface area contributed by atoms with Crippen LogP contribution in [0.4, 0.5) is 0 Å². The number of hydrogen-bond acceptors (Lipinski definition) is 5. The fraction of sp³-hybridized carbons (Fsp3) is 0.558. The van der Waals surface area contributed by atoms with Crippen LogP contribution in [0.2, 0.25) is 0 Å². The number of aliphatic hydroxyl groups excluding tert-OH is 1. The molecule has 3 aromatic carbocycles. The van der Waals surface area contributed by atoms with Crippen LogP contribution in [0, 0.1) is 0 Å². The molecule has 3 aromatic rings. The first-order chi connectivity index (χ1) is 25.2. The van der Waals surface area contributed by atoms with Crippen LogP contribution in [0.25, 0.3) is 11.1 Å². The third-order valence-electron chi connectivity index (χ3n) is 9.89. The summed E-state index contributed by atoms with van der Waals surface area (Å²) in [5.41, 5.74) is 5.90. The lowest BCUT2D eigenvalue weighted by Gasteiger charge is -2.38. The molecule has 0 aromatic heterocycles. The van der Waals surface area contributed by atoms with Crippen molar-refractivity contribution in [1.82, 2.24) is 10.2 Å². The first-order valence-corrected chi connectivity index (χ1v) is 20.6. The molecular weight excluding hydrogens is 715 g/mol. The minimum atomic E-state index is -2.00. The molecule has 1 saturated heterocycles. The zero-order valence-electron chi connectivity index (χ0n) is 31.1. The Morgan fingerprint density at radius 3 is 1.94 bits per heavy atom. The lowest BCUT2D eigenvalue weighted by molar-refractivity contribution is -0.253. The maximum atomic E-state index is 12.0. The first-order valence-electron chi connectivity index (χ1n) is 19.5. The number of alkyl halides is 3. The van der Waals surface area contributed by atoms with Crippen molar-refractivity contribution in [2.45, 2.75) is 133 Å². The number of amides is 1. The summed E-state index contributed by atoms with van der Waals surface area (Å²) in [7, 11) is 0. The Balaban J connectivity index is 1.47. The lowest BCUT2D eigenvalue weighted by Crippen LogP contribution is -2.40. The summed E-state index contributed by atoms with van der Waals surface area (Å²) < 4.78 is 11.5. The summed E-state index contributed by atoms with van der Waals surface area (Å²) >= 11 is 17.1. The van der Waals surface area contributed by atoms with Gasteiger partial charge in [0, 0.05) is 25.1 Å². The number of unbranched alkanes of at least 4 members (excludes halogenated alkanes) is 10. The summed E-state index contributed by atoms with van der Waals surface area (Å²) in [6.45, 7) is 7.90. The van der Waals surface area contributed by atoms with Crippen molar-refractivity contribution in [2.24, 2.45) is 0 Å². The predicted octanol–water partition coefficient (Wildman–Crippen LogP) is 11.4. The maximum Gasteiger partial charge on any atom is 0.272 e. The number of hydrogen-bond donors (Lipinski definition) is 2. The highest BCUT2D eigenvalue weighted by Crippen LogP contribution is 2.39. The summed E-state index contributed by atoms with van der Waals surface area (Å²) in [4.78, 5) is 14.7. The van der Waals surface area contributed by atoms with Crippen LogP contribution in [-0.2, 0) is 27.4 Å². The second-order valence-corrected chi connectivity index (χ2v) is 16.5. The van der Waals surface area contributed by atoms with Gasteiger partial charge in [0.2, 0.25) is 0 Å². The fourth-order valence-electron chi connectivity index (χ4n) is 6.82. The fourth-order valence-corrected chi connectivity index (χ4v) is 7.02. The van der Waals surface area contributed by atoms with Gasteiger partial charge < -0.3 is 24.8 Å². The highest BCUT2D eigenvalue weighted by Gasteiger charge is 2.33. The second-order valence-electron chi connectivity index (χ2n) is 14.2. The third-order valence-corrected chi connectivity index (χ3v) is 10.4. The molecule has 1 fully saturated rings. The van der Waals surface area contributed by atoms with Crippen molar-refractivity contribution < 1.29 is 19.4 Å². The maximum absolute atomic E-state index is 12.0. The van der Waals surface area contributed by atoms with E-state index < -0.39 is 16.0 Å². The van der Waals surface area contributed by atoms with E-state index in [4.69, 9.17) is 44.3 Å². The van der Waals surface area contributed by atoms with E-state index in [0.717, 1.165) is 59.4 Å². The highest BCUT2D eigenvalue weighted by molar-refractivity contribution is 6.76. The molecule has 1 amide bonds. The van der Waals surface area contributed by atoms with Gasteiger partial charge in [-0.25, -0.2) is 0 Å². The Morgan fingerprint density at radius 2 is 1.35 bits per heavy atom.